The predicted molar refractivity (Wildman–Crippen MR) is 65.1 cm³/mol. The summed E-state index contributed by atoms with van der Waals surface area (Å²) < 4.78 is 15.5. The summed E-state index contributed by atoms with van der Waals surface area (Å²) in [5.41, 5.74) is 0.637. The Bertz CT molecular complexity index is 392. The van der Waals surface area contributed by atoms with Crippen molar-refractivity contribution in [2.24, 2.45) is 0 Å². The molecule has 1 atom stereocenters. The van der Waals surface area contributed by atoms with Crippen molar-refractivity contribution in [1.29, 1.82) is 0 Å². The third kappa shape index (κ3) is 2.87. The van der Waals surface area contributed by atoms with E-state index in [-0.39, 0.29) is 5.97 Å². The zero-order chi connectivity index (χ0) is 13.8. The number of methoxy groups -OCH3 is 2. The molecule has 18 heavy (non-hydrogen) atoms. The van der Waals surface area contributed by atoms with Crippen LogP contribution in [0.25, 0.3) is 0 Å². The van der Waals surface area contributed by atoms with Crippen molar-refractivity contribution < 1.29 is 24.1 Å². The van der Waals surface area contributed by atoms with Gasteiger partial charge in [-0.15, -0.1) is 0 Å². The molecule has 0 radical (unpaired) electrons. The minimum absolute atomic E-state index is 0.386. The molecule has 0 fully saturated rings. The smallest absolute Gasteiger partial charge is 0.308 e. The van der Waals surface area contributed by atoms with Gasteiger partial charge in [0.2, 0.25) is 5.79 Å². The quantitative estimate of drug-likeness (QED) is 0.489. The van der Waals surface area contributed by atoms with E-state index in [2.05, 4.69) is 0 Å². The van der Waals surface area contributed by atoms with Crippen LogP contribution in [0.4, 0.5) is 0 Å². The van der Waals surface area contributed by atoms with Gasteiger partial charge >= 0.3 is 5.97 Å². The van der Waals surface area contributed by atoms with Crippen molar-refractivity contribution in [3.63, 3.8) is 0 Å². The van der Waals surface area contributed by atoms with Crippen LogP contribution in [0.5, 0.6) is 5.75 Å². The van der Waals surface area contributed by atoms with Gasteiger partial charge in [0.25, 0.3) is 0 Å². The summed E-state index contributed by atoms with van der Waals surface area (Å²) in [4.78, 5) is 10.8. The molecular weight excluding hydrogens is 236 g/mol. The molecule has 0 spiro atoms. The zero-order valence-electron chi connectivity index (χ0n) is 11.0. The Morgan fingerprint density at radius 3 is 2.06 bits per heavy atom. The highest BCUT2D eigenvalue weighted by Crippen LogP contribution is 2.31. The number of carbonyl (C=O) groups excluding carboxylic acids is 1. The Kier molecular flexibility index (Phi) is 4.84. The van der Waals surface area contributed by atoms with E-state index in [9.17, 15) is 9.90 Å². The van der Waals surface area contributed by atoms with Gasteiger partial charge in [-0.25, -0.2) is 0 Å². The lowest BCUT2D eigenvalue weighted by molar-refractivity contribution is -0.264. The molecule has 5 heteroatoms. The van der Waals surface area contributed by atoms with E-state index < -0.39 is 11.9 Å². The number of carbonyl (C=O) groups is 1. The first kappa shape index (κ1) is 14.6. The monoisotopic (exact) mass is 254 g/mol. The van der Waals surface area contributed by atoms with Crippen LogP contribution < -0.4 is 4.74 Å². The van der Waals surface area contributed by atoms with Gasteiger partial charge in [0.05, 0.1) is 0 Å². The molecule has 0 amide bonds. The Balaban J connectivity index is 3.04. The van der Waals surface area contributed by atoms with Crippen LogP contribution in [-0.2, 0) is 20.1 Å². The van der Waals surface area contributed by atoms with E-state index in [1.807, 2.05) is 0 Å². The molecule has 1 aromatic rings. The molecule has 0 aliphatic carbocycles. The SMILES string of the molecule is COC(OC)(c1ccc(OC(C)=O)cc1)C(C)O. The molecule has 0 saturated carbocycles. The highest BCUT2D eigenvalue weighted by atomic mass is 16.7. The molecule has 5 nitrogen and oxygen atoms in total. The lowest BCUT2D eigenvalue weighted by Gasteiger charge is -2.33. The Labute approximate surface area is 106 Å². The fraction of sp³-hybridized carbons (Fsp3) is 0.462. The van der Waals surface area contributed by atoms with Crippen molar-refractivity contribution in [3.8, 4) is 5.75 Å². The highest BCUT2D eigenvalue weighted by Gasteiger charge is 2.37. The molecule has 1 N–H and O–H groups in total. The summed E-state index contributed by atoms with van der Waals surface area (Å²) in [6.07, 6.45) is -0.855. The molecule has 0 aliphatic rings. The van der Waals surface area contributed by atoms with Gasteiger partial charge in [-0.2, -0.15) is 0 Å². The number of esters is 1. The van der Waals surface area contributed by atoms with Gasteiger partial charge in [-0.1, -0.05) is 0 Å². The van der Waals surface area contributed by atoms with Crippen LogP contribution in [-0.4, -0.2) is 31.4 Å². The maximum atomic E-state index is 10.8. The lowest BCUT2D eigenvalue weighted by Crippen LogP contribution is -2.41. The van der Waals surface area contributed by atoms with E-state index in [0.29, 0.717) is 11.3 Å². The Morgan fingerprint density at radius 1 is 1.22 bits per heavy atom. The summed E-state index contributed by atoms with van der Waals surface area (Å²) in [7, 11) is 2.91. The summed E-state index contributed by atoms with van der Waals surface area (Å²) in [5, 5.41) is 9.80. The van der Waals surface area contributed by atoms with Crippen molar-refractivity contribution in [2.45, 2.75) is 25.7 Å². The first-order chi connectivity index (χ1) is 8.46. The summed E-state index contributed by atoms with van der Waals surface area (Å²) in [5.74, 6) is -1.18. The fourth-order valence-electron chi connectivity index (χ4n) is 1.82. The molecule has 0 saturated heterocycles. The van der Waals surface area contributed by atoms with Gasteiger partial charge in [0, 0.05) is 26.7 Å². The van der Waals surface area contributed by atoms with Crippen LogP contribution in [0.2, 0.25) is 0 Å². The van der Waals surface area contributed by atoms with E-state index in [4.69, 9.17) is 14.2 Å². The second-order valence-corrected chi connectivity index (χ2v) is 3.87. The first-order valence-electron chi connectivity index (χ1n) is 5.53. The largest absolute Gasteiger partial charge is 0.427 e. The van der Waals surface area contributed by atoms with E-state index in [1.54, 1.807) is 31.2 Å². The number of ether oxygens (including phenoxy) is 3. The Hall–Kier alpha value is -1.43. The second-order valence-electron chi connectivity index (χ2n) is 3.87. The van der Waals surface area contributed by atoms with Crippen LogP contribution in [0.3, 0.4) is 0 Å². The second kappa shape index (κ2) is 5.95. The summed E-state index contributed by atoms with van der Waals surface area (Å²) in [6, 6.07) is 6.59. The van der Waals surface area contributed by atoms with Crippen LogP contribution in [0, 0.1) is 0 Å². The van der Waals surface area contributed by atoms with E-state index in [0.717, 1.165) is 0 Å². The van der Waals surface area contributed by atoms with Crippen LogP contribution in [0.1, 0.15) is 19.4 Å². The molecule has 1 aromatic carbocycles. The van der Waals surface area contributed by atoms with Gasteiger partial charge in [0.15, 0.2) is 0 Å². The standard InChI is InChI=1S/C13H18O5/c1-9(14)13(16-3,17-4)11-5-7-12(8-6-11)18-10(2)15/h5-9,14H,1-4H3. The number of hydrogen-bond acceptors (Lipinski definition) is 5. The molecule has 1 unspecified atom stereocenters. The fourth-order valence-corrected chi connectivity index (χ4v) is 1.82. The van der Waals surface area contributed by atoms with Crippen molar-refractivity contribution in [2.75, 3.05) is 14.2 Å². The van der Waals surface area contributed by atoms with Crippen LogP contribution >= 0.6 is 0 Å². The Morgan fingerprint density at radius 2 is 1.72 bits per heavy atom. The van der Waals surface area contributed by atoms with Crippen molar-refractivity contribution in [3.05, 3.63) is 29.8 Å². The predicted octanol–water partition coefficient (Wildman–Crippen LogP) is 1.44. The molecule has 0 aliphatic heterocycles. The van der Waals surface area contributed by atoms with Crippen molar-refractivity contribution in [1.82, 2.24) is 0 Å². The number of rotatable bonds is 5. The minimum Gasteiger partial charge on any atom is -0.427 e. The number of aliphatic hydroxyl groups is 1. The average Bonchev–Trinajstić information content (AvgIpc) is 2.32. The van der Waals surface area contributed by atoms with Gasteiger partial charge in [-0.05, 0) is 31.2 Å². The molecule has 1 rings (SSSR count). The maximum absolute atomic E-state index is 10.8. The minimum atomic E-state index is -1.23. The van der Waals surface area contributed by atoms with Gasteiger partial charge in [-0.3, -0.25) is 4.79 Å². The molecule has 100 valence electrons. The third-order valence-electron chi connectivity index (χ3n) is 2.67. The van der Waals surface area contributed by atoms with Crippen LogP contribution in [0.15, 0.2) is 24.3 Å². The third-order valence-corrected chi connectivity index (χ3v) is 2.67. The molecule has 0 heterocycles. The average molecular weight is 254 g/mol. The normalized spacial score (nSPS) is 13.2. The van der Waals surface area contributed by atoms with Gasteiger partial charge < -0.3 is 19.3 Å². The first-order valence-corrected chi connectivity index (χ1v) is 5.53. The molecule has 0 aromatic heterocycles. The number of hydrogen-bond donors (Lipinski definition) is 1. The molecule has 0 bridgehead atoms. The highest BCUT2D eigenvalue weighted by molar-refractivity contribution is 5.69. The number of benzene rings is 1. The topological polar surface area (TPSA) is 65.0 Å². The lowest BCUT2D eigenvalue weighted by atomic mass is 10.0. The summed E-state index contributed by atoms with van der Waals surface area (Å²) >= 11 is 0. The number of aliphatic hydroxyl groups excluding tert-OH is 1. The molecular formula is C13H18O5. The van der Waals surface area contributed by atoms with Gasteiger partial charge in [0.1, 0.15) is 11.9 Å². The van der Waals surface area contributed by atoms with E-state index >= 15 is 0 Å². The van der Waals surface area contributed by atoms with Crippen molar-refractivity contribution >= 4 is 5.97 Å². The van der Waals surface area contributed by atoms with E-state index in [1.165, 1.54) is 21.1 Å². The maximum Gasteiger partial charge on any atom is 0.308 e. The summed E-state index contributed by atoms with van der Waals surface area (Å²) in [6.45, 7) is 2.91. The zero-order valence-corrected chi connectivity index (χ0v) is 11.0.